The van der Waals surface area contributed by atoms with Crippen LogP contribution in [0.4, 0.5) is 0 Å². The van der Waals surface area contributed by atoms with Gasteiger partial charge in [0, 0.05) is 32.7 Å². The Labute approximate surface area is 172 Å². The largest absolute Gasteiger partial charge is 0.493 e. The van der Waals surface area contributed by atoms with Crippen LogP contribution in [-0.4, -0.2) is 63.5 Å². The van der Waals surface area contributed by atoms with Crippen molar-refractivity contribution in [3.05, 3.63) is 59.2 Å². The number of ether oxygens (including phenoxy) is 2. The van der Waals surface area contributed by atoms with E-state index in [9.17, 15) is 9.59 Å². The van der Waals surface area contributed by atoms with Crippen molar-refractivity contribution < 1.29 is 19.1 Å². The standard InChI is InChI=1S/C22H29N3O4/c1-23-22(27)18-9-6-16(7-10-18)13-24(2)15-21(26)25(3)14-17-8-11-19(28-4)20(12-17)29-5/h6-12H,13-15H2,1-5H3,(H,23,27). The fourth-order valence-corrected chi connectivity index (χ4v) is 2.97. The lowest BCUT2D eigenvalue weighted by molar-refractivity contribution is -0.131. The summed E-state index contributed by atoms with van der Waals surface area (Å²) in [7, 11) is 8.47. The lowest BCUT2D eigenvalue weighted by Crippen LogP contribution is -2.36. The molecular weight excluding hydrogens is 370 g/mol. The number of benzene rings is 2. The van der Waals surface area contributed by atoms with Gasteiger partial charge >= 0.3 is 0 Å². The van der Waals surface area contributed by atoms with Crippen LogP contribution in [-0.2, 0) is 17.9 Å². The Bertz CT molecular complexity index is 836. The number of nitrogens with one attached hydrogen (secondary N) is 1. The Morgan fingerprint density at radius 2 is 1.52 bits per heavy atom. The zero-order chi connectivity index (χ0) is 21.4. The lowest BCUT2D eigenvalue weighted by atomic mass is 10.1. The molecule has 0 aliphatic rings. The SMILES string of the molecule is CNC(=O)c1ccc(CN(C)CC(=O)N(C)Cc2ccc(OC)c(OC)c2)cc1. The van der Waals surface area contributed by atoms with Crippen LogP contribution >= 0.6 is 0 Å². The number of likely N-dealkylation sites (N-methyl/N-ethyl adjacent to an activating group) is 2. The van der Waals surface area contributed by atoms with E-state index in [-0.39, 0.29) is 11.8 Å². The van der Waals surface area contributed by atoms with Crippen molar-refractivity contribution in [1.82, 2.24) is 15.1 Å². The quantitative estimate of drug-likeness (QED) is 0.700. The predicted octanol–water partition coefficient (Wildman–Crippen LogP) is 2.15. The molecule has 2 aromatic carbocycles. The van der Waals surface area contributed by atoms with E-state index in [0.717, 1.165) is 11.1 Å². The molecule has 29 heavy (non-hydrogen) atoms. The average molecular weight is 399 g/mol. The van der Waals surface area contributed by atoms with E-state index in [1.54, 1.807) is 45.3 Å². The first-order valence-electron chi connectivity index (χ1n) is 9.32. The molecule has 0 saturated carbocycles. The highest BCUT2D eigenvalue weighted by Gasteiger charge is 2.14. The van der Waals surface area contributed by atoms with E-state index >= 15 is 0 Å². The zero-order valence-electron chi connectivity index (χ0n) is 17.7. The minimum atomic E-state index is -0.114. The third-order valence-corrected chi connectivity index (χ3v) is 4.59. The third-order valence-electron chi connectivity index (χ3n) is 4.59. The monoisotopic (exact) mass is 399 g/mol. The third kappa shape index (κ3) is 6.22. The van der Waals surface area contributed by atoms with Crippen molar-refractivity contribution in [2.24, 2.45) is 0 Å². The summed E-state index contributed by atoms with van der Waals surface area (Å²) in [6.07, 6.45) is 0. The molecule has 0 radical (unpaired) electrons. The van der Waals surface area contributed by atoms with Gasteiger partial charge in [0.05, 0.1) is 20.8 Å². The second-order valence-electron chi connectivity index (χ2n) is 6.89. The Morgan fingerprint density at radius 1 is 0.897 bits per heavy atom. The Morgan fingerprint density at radius 3 is 2.10 bits per heavy atom. The van der Waals surface area contributed by atoms with Gasteiger partial charge in [-0.1, -0.05) is 18.2 Å². The van der Waals surface area contributed by atoms with Crippen LogP contribution in [0.1, 0.15) is 21.5 Å². The van der Waals surface area contributed by atoms with Gasteiger partial charge in [-0.15, -0.1) is 0 Å². The summed E-state index contributed by atoms with van der Waals surface area (Å²) in [4.78, 5) is 27.8. The Hall–Kier alpha value is -3.06. The Kier molecular flexibility index (Phi) is 8.03. The molecule has 0 heterocycles. The highest BCUT2D eigenvalue weighted by molar-refractivity contribution is 5.93. The van der Waals surface area contributed by atoms with Gasteiger partial charge in [0.1, 0.15) is 0 Å². The van der Waals surface area contributed by atoms with Crippen LogP contribution in [0.2, 0.25) is 0 Å². The van der Waals surface area contributed by atoms with Crippen LogP contribution in [0, 0.1) is 0 Å². The molecule has 7 nitrogen and oxygen atoms in total. The highest BCUT2D eigenvalue weighted by atomic mass is 16.5. The molecule has 0 unspecified atom stereocenters. The van der Waals surface area contributed by atoms with Crippen LogP contribution in [0.3, 0.4) is 0 Å². The summed E-state index contributed by atoms with van der Waals surface area (Å²) in [6, 6.07) is 13.0. The van der Waals surface area contributed by atoms with Gasteiger partial charge in [0.2, 0.25) is 5.91 Å². The van der Waals surface area contributed by atoms with Gasteiger partial charge in [0.15, 0.2) is 11.5 Å². The first kappa shape index (κ1) is 22.2. The smallest absolute Gasteiger partial charge is 0.251 e. The molecule has 0 atom stereocenters. The molecule has 2 aromatic rings. The minimum absolute atomic E-state index is 0.0178. The molecule has 2 amide bonds. The maximum absolute atomic E-state index is 12.6. The van der Waals surface area contributed by atoms with Crippen molar-refractivity contribution >= 4 is 11.8 Å². The van der Waals surface area contributed by atoms with E-state index in [2.05, 4.69) is 5.32 Å². The predicted molar refractivity (Wildman–Crippen MR) is 112 cm³/mol. The number of rotatable bonds is 9. The molecule has 0 aromatic heterocycles. The summed E-state index contributed by atoms with van der Waals surface area (Å²) in [5.41, 5.74) is 2.62. The van der Waals surface area contributed by atoms with Gasteiger partial charge < -0.3 is 19.7 Å². The summed E-state index contributed by atoms with van der Waals surface area (Å²) in [6.45, 7) is 1.39. The second kappa shape index (κ2) is 10.5. The normalized spacial score (nSPS) is 10.6. The van der Waals surface area contributed by atoms with Gasteiger partial charge in [-0.2, -0.15) is 0 Å². The van der Waals surface area contributed by atoms with Crippen LogP contribution in [0.15, 0.2) is 42.5 Å². The number of amides is 2. The summed E-state index contributed by atoms with van der Waals surface area (Å²) >= 11 is 0. The molecule has 0 fully saturated rings. The number of hydrogen-bond donors (Lipinski definition) is 1. The lowest BCUT2D eigenvalue weighted by Gasteiger charge is -2.22. The van der Waals surface area contributed by atoms with E-state index in [1.807, 2.05) is 42.3 Å². The molecule has 0 saturated heterocycles. The van der Waals surface area contributed by atoms with Gasteiger partial charge in [-0.3, -0.25) is 14.5 Å². The van der Waals surface area contributed by atoms with E-state index in [0.29, 0.717) is 36.7 Å². The summed E-state index contributed by atoms with van der Waals surface area (Å²) in [5.74, 6) is 1.21. The van der Waals surface area contributed by atoms with E-state index in [4.69, 9.17) is 9.47 Å². The minimum Gasteiger partial charge on any atom is -0.493 e. The molecule has 156 valence electrons. The van der Waals surface area contributed by atoms with Crippen molar-refractivity contribution in [1.29, 1.82) is 0 Å². The van der Waals surface area contributed by atoms with Crippen LogP contribution < -0.4 is 14.8 Å². The molecule has 1 N–H and O–H groups in total. The van der Waals surface area contributed by atoms with Crippen molar-refractivity contribution in [2.45, 2.75) is 13.1 Å². The fraction of sp³-hybridized carbons (Fsp3) is 0.364. The summed E-state index contributed by atoms with van der Waals surface area (Å²) < 4.78 is 10.6. The van der Waals surface area contributed by atoms with Crippen molar-refractivity contribution in [3.63, 3.8) is 0 Å². The van der Waals surface area contributed by atoms with Crippen molar-refractivity contribution in [2.75, 3.05) is 41.9 Å². The molecule has 0 aliphatic carbocycles. The van der Waals surface area contributed by atoms with Gasteiger partial charge in [-0.05, 0) is 42.4 Å². The highest BCUT2D eigenvalue weighted by Crippen LogP contribution is 2.27. The summed E-state index contributed by atoms with van der Waals surface area (Å²) in [5, 5.41) is 2.60. The molecular formula is C22H29N3O4. The first-order chi connectivity index (χ1) is 13.9. The maximum atomic E-state index is 12.6. The second-order valence-corrected chi connectivity index (χ2v) is 6.89. The molecule has 2 rings (SSSR count). The first-order valence-corrected chi connectivity index (χ1v) is 9.32. The van der Waals surface area contributed by atoms with Crippen LogP contribution in [0.25, 0.3) is 0 Å². The number of carbonyl (C=O) groups excluding carboxylic acids is 2. The number of hydrogen-bond acceptors (Lipinski definition) is 5. The van der Waals surface area contributed by atoms with Crippen molar-refractivity contribution in [3.8, 4) is 11.5 Å². The fourth-order valence-electron chi connectivity index (χ4n) is 2.97. The van der Waals surface area contributed by atoms with Gasteiger partial charge in [0.25, 0.3) is 5.91 Å². The number of nitrogens with zero attached hydrogens (tertiary/aromatic N) is 2. The van der Waals surface area contributed by atoms with Crippen LogP contribution in [0.5, 0.6) is 11.5 Å². The maximum Gasteiger partial charge on any atom is 0.251 e. The molecule has 0 aliphatic heterocycles. The van der Waals surface area contributed by atoms with E-state index in [1.165, 1.54) is 0 Å². The molecule has 0 spiro atoms. The van der Waals surface area contributed by atoms with Gasteiger partial charge in [-0.25, -0.2) is 0 Å². The molecule has 7 heteroatoms. The topological polar surface area (TPSA) is 71.1 Å². The Balaban J connectivity index is 1.90. The average Bonchev–Trinajstić information content (AvgIpc) is 2.73. The number of methoxy groups -OCH3 is 2. The van der Waals surface area contributed by atoms with E-state index < -0.39 is 0 Å². The molecule has 0 bridgehead atoms. The zero-order valence-corrected chi connectivity index (χ0v) is 17.7. The number of carbonyl (C=O) groups is 2.